The van der Waals surface area contributed by atoms with Gasteiger partial charge in [0.1, 0.15) is 5.01 Å². The van der Waals surface area contributed by atoms with Crippen molar-refractivity contribution in [2.75, 3.05) is 7.05 Å². The lowest BCUT2D eigenvalue weighted by atomic mass is 9.96. The van der Waals surface area contributed by atoms with Crippen molar-refractivity contribution in [1.29, 1.82) is 0 Å². The lowest BCUT2D eigenvalue weighted by Crippen LogP contribution is -2.43. The van der Waals surface area contributed by atoms with Crippen LogP contribution in [0.1, 0.15) is 48.9 Å². The van der Waals surface area contributed by atoms with Crippen LogP contribution in [0.25, 0.3) is 0 Å². The Kier molecular flexibility index (Phi) is 5.63. The second kappa shape index (κ2) is 7.48. The first-order valence-electron chi connectivity index (χ1n) is 7.22. The molecule has 106 valence electrons. The van der Waals surface area contributed by atoms with Crippen LogP contribution in [0.15, 0.2) is 11.2 Å². The first-order valence-corrected chi connectivity index (χ1v) is 8.04. The number of hydrogen-bond donors (Lipinski definition) is 2. The highest BCUT2D eigenvalue weighted by Crippen LogP contribution is 2.17. The topological polar surface area (TPSA) is 49.3 Å². The Balaban J connectivity index is 1.78. The van der Waals surface area contributed by atoms with E-state index in [4.69, 9.17) is 0 Å². The van der Waals surface area contributed by atoms with Crippen LogP contribution in [0.5, 0.6) is 0 Å². The zero-order valence-electron chi connectivity index (χ0n) is 11.9. The molecule has 2 N–H and O–H groups in total. The molecule has 0 radical (unpaired) electrons. The second-order valence-corrected chi connectivity index (χ2v) is 6.18. The summed E-state index contributed by atoms with van der Waals surface area (Å²) in [5, 5.41) is 8.00. The summed E-state index contributed by atoms with van der Waals surface area (Å²) >= 11 is 1.78. The summed E-state index contributed by atoms with van der Waals surface area (Å²) in [4.78, 5) is 10.0. The van der Waals surface area contributed by atoms with Gasteiger partial charge in [0, 0.05) is 24.2 Å². The van der Waals surface area contributed by atoms with Gasteiger partial charge >= 0.3 is 0 Å². The number of aromatic nitrogens is 1. The molecule has 0 aliphatic heterocycles. The van der Waals surface area contributed by atoms with Crippen molar-refractivity contribution < 1.29 is 0 Å². The Hall–Kier alpha value is -1.10. The van der Waals surface area contributed by atoms with Crippen molar-refractivity contribution in [2.24, 2.45) is 4.99 Å². The average Bonchev–Trinajstić information content (AvgIpc) is 2.92. The Morgan fingerprint density at radius 1 is 1.42 bits per heavy atom. The van der Waals surface area contributed by atoms with Gasteiger partial charge in [0.05, 0.1) is 6.54 Å². The molecule has 0 amide bonds. The minimum atomic E-state index is 0.586. The summed E-state index contributed by atoms with van der Waals surface area (Å²) in [6.07, 6.45) is 9.60. The van der Waals surface area contributed by atoms with Crippen molar-refractivity contribution in [3.05, 3.63) is 16.1 Å². The number of nitrogens with one attached hydrogen (secondary N) is 2. The van der Waals surface area contributed by atoms with Gasteiger partial charge in [0.15, 0.2) is 5.96 Å². The predicted molar refractivity (Wildman–Crippen MR) is 81.7 cm³/mol. The standard InChI is InChI=1S/C14H24N4S/c1-3-12-9-16-13(19-12)10-17-14(15-2)18-11-7-5-4-6-8-11/h9,11H,3-8,10H2,1-2H3,(H2,15,17,18). The number of rotatable bonds is 4. The van der Waals surface area contributed by atoms with E-state index >= 15 is 0 Å². The summed E-state index contributed by atoms with van der Waals surface area (Å²) in [6, 6.07) is 0.586. The minimum absolute atomic E-state index is 0.586. The van der Waals surface area contributed by atoms with Crippen molar-refractivity contribution >= 4 is 17.3 Å². The summed E-state index contributed by atoms with van der Waals surface area (Å²) in [5.41, 5.74) is 0. The fraction of sp³-hybridized carbons (Fsp3) is 0.714. The highest BCUT2D eigenvalue weighted by Gasteiger charge is 2.14. The molecule has 2 rings (SSSR count). The summed E-state index contributed by atoms with van der Waals surface area (Å²) in [6.45, 7) is 2.92. The lowest BCUT2D eigenvalue weighted by molar-refractivity contribution is 0.410. The van der Waals surface area contributed by atoms with E-state index in [-0.39, 0.29) is 0 Å². The van der Waals surface area contributed by atoms with Crippen molar-refractivity contribution in [2.45, 2.75) is 58.0 Å². The van der Waals surface area contributed by atoms with E-state index in [2.05, 4.69) is 27.5 Å². The fourth-order valence-corrected chi connectivity index (χ4v) is 3.19. The van der Waals surface area contributed by atoms with Crippen molar-refractivity contribution in [1.82, 2.24) is 15.6 Å². The van der Waals surface area contributed by atoms with Crippen molar-refractivity contribution in [3.63, 3.8) is 0 Å². The molecule has 1 aromatic rings. The van der Waals surface area contributed by atoms with Gasteiger partial charge in [0.25, 0.3) is 0 Å². The smallest absolute Gasteiger partial charge is 0.191 e. The molecule has 0 saturated heterocycles. The van der Waals surface area contributed by atoms with Gasteiger partial charge in [-0.25, -0.2) is 4.98 Å². The molecular weight excluding hydrogens is 256 g/mol. The van der Waals surface area contributed by atoms with Crippen LogP contribution in [0.3, 0.4) is 0 Å². The Bertz CT molecular complexity index is 407. The third-order valence-electron chi connectivity index (χ3n) is 3.53. The van der Waals surface area contributed by atoms with Gasteiger partial charge in [-0.2, -0.15) is 0 Å². The van der Waals surface area contributed by atoms with Gasteiger partial charge < -0.3 is 10.6 Å². The second-order valence-electron chi connectivity index (χ2n) is 4.98. The third kappa shape index (κ3) is 4.49. The minimum Gasteiger partial charge on any atom is -0.354 e. The monoisotopic (exact) mass is 280 g/mol. The van der Waals surface area contributed by atoms with Crippen LogP contribution < -0.4 is 10.6 Å². The molecule has 5 heteroatoms. The maximum absolute atomic E-state index is 4.41. The van der Waals surface area contributed by atoms with Gasteiger partial charge in [-0.1, -0.05) is 26.2 Å². The van der Waals surface area contributed by atoms with Crippen LogP contribution >= 0.6 is 11.3 Å². The number of nitrogens with zero attached hydrogens (tertiary/aromatic N) is 2. The fourth-order valence-electron chi connectivity index (χ4n) is 2.39. The molecule has 1 aliphatic rings. The first kappa shape index (κ1) is 14.3. The van der Waals surface area contributed by atoms with E-state index in [0.717, 1.165) is 23.9 Å². The molecule has 0 bridgehead atoms. The molecule has 0 spiro atoms. The van der Waals surface area contributed by atoms with Crippen LogP contribution in [0.2, 0.25) is 0 Å². The first-order chi connectivity index (χ1) is 9.31. The number of guanidine groups is 1. The average molecular weight is 280 g/mol. The number of hydrogen-bond acceptors (Lipinski definition) is 3. The van der Waals surface area contributed by atoms with Crippen molar-refractivity contribution in [3.8, 4) is 0 Å². The largest absolute Gasteiger partial charge is 0.354 e. The van der Waals surface area contributed by atoms with E-state index in [1.54, 1.807) is 11.3 Å². The van der Waals surface area contributed by atoms with Gasteiger partial charge in [-0.15, -0.1) is 11.3 Å². The predicted octanol–water partition coefficient (Wildman–Crippen LogP) is 2.70. The van der Waals surface area contributed by atoms with E-state index < -0.39 is 0 Å². The normalized spacial score (nSPS) is 17.5. The van der Waals surface area contributed by atoms with Gasteiger partial charge in [-0.05, 0) is 19.3 Å². The quantitative estimate of drug-likeness (QED) is 0.658. The Labute approximate surface area is 119 Å². The van der Waals surface area contributed by atoms with Gasteiger partial charge in [0.2, 0.25) is 0 Å². The molecule has 19 heavy (non-hydrogen) atoms. The molecule has 1 fully saturated rings. The molecular formula is C14H24N4S. The highest BCUT2D eigenvalue weighted by atomic mass is 32.1. The van der Waals surface area contributed by atoms with Crippen LogP contribution in [0.4, 0.5) is 0 Å². The zero-order valence-corrected chi connectivity index (χ0v) is 12.7. The molecule has 1 aliphatic carbocycles. The van der Waals surface area contributed by atoms with Crippen LogP contribution in [-0.4, -0.2) is 24.0 Å². The summed E-state index contributed by atoms with van der Waals surface area (Å²) in [5.74, 6) is 0.903. The molecule has 0 aromatic carbocycles. The maximum Gasteiger partial charge on any atom is 0.191 e. The van der Waals surface area contributed by atoms with Gasteiger partial charge in [-0.3, -0.25) is 4.99 Å². The molecule has 1 saturated carbocycles. The van der Waals surface area contributed by atoms with Crippen LogP contribution in [-0.2, 0) is 13.0 Å². The zero-order chi connectivity index (χ0) is 13.5. The van der Waals surface area contributed by atoms with E-state index in [1.165, 1.54) is 37.0 Å². The summed E-state index contributed by atoms with van der Waals surface area (Å²) in [7, 11) is 1.83. The van der Waals surface area contributed by atoms with E-state index in [1.807, 2.05) is 13.2 Å². The molecule has 0 atom stereocenters. The molecule has 1 aromatic heterocycles. The number of aliphatic imine (C=N–C) groups is 1. The summed E-state index contributed by atoms with van der Waals surface area (Å²) < 4.78 is 0. The van der Waals surface area contributed by atoms with E-state index in [9.17, 15) is 0 Å². The Morgan fingerprint density at radius 3 is 2.84 bits per heavy atom. The number of thiazole rings is 1. The third-order valence-corrected chi connectivity index (χ3v) is 4.67. The number of aryl methyl sites for hydroxylation is 1. The lowest BCUT2D eigenvalue weighted by Gasteiger charge is -2.24. The highest BCUT2D eigenvalue weighted by molar-refractivity contribution is 7.11. The van der Waals surface area contributed by atoms with E-state index in [0.29, 0.717) is 6.04 Å². The van der Waals surface area contributed by atoms with Crippen LogP contribution in [0, 0.1) is 0 Å². The molecule has 1 heterocycles. The maximum atomic E-state index is 4.41. The Morgan fingerprint density at radius 2 is 2.21 bits per heavy atom. The molecule has 4 nitrogen and oxygen atoms in total. The molecule has 0 unspecified atom stereocenters. The SMILES string of the molecule is CCc1cnc(CNC(=NC)NC2CCCCC2)s1.